The first-order valence-electron chi connectivity index (χ1n) is 5.41. The van der Waals surface area contributed by atoms with Gasteiger partial charge in [0.25, 0.3) is 0 Å². The first kappa shape index (κ1) is 13.8. The number of halogens is 3. The van der Waals surface area contributed by atoms with Crippen LogP contribution >= 0.6 is 33.6 Å². The molecule has 91 valence electrons. The first-order chi connectivity index (χ1) is 8.70. The van der Waals surface area contributed by atoms with Crippen molar-refractivity contribution in [3.05, 3.63) is 60.7 Å². The first-order valence-corrected chi connectivity index (χ1v) is 9.32. The van der Waals surface area contributed by atoms with Crippen molar-refractivity contribution in [2.75, 3.05) is 4.48 Å². The van der Waals surface area contributed by atoms with E-state index >= 15 is 0 Å². The molecule has 0 aliphatic heterocycles. The minimum Gasteiger partial charge on any atom is -0.401 e. The summed E-state index contributed by atoms with van der Waals surface area (Å²) in [5, 5.41) is 0. The van der Waals surface area contributed by atoms with Gasteiger partial charge in [0, 0.05) is 5.69 Å². The molecular weight excluding hydrogens is 303 g/mol. The summed E-state index contributed by atoms with van der Waals surface area (Å²) in [5.41, 5.74) is 1.91. The number of para-hydroxylation sites is 1. The van der Waals surface area contributed by atoms with Crippen molar-refractivity contribution in [1.82, 2.24) is 0 Å². The molecule has 0 atom stereocenters. The van der Waals surface area contributed by atoms with E-state index in [0.717, 1.165) is 11.2 Å². The Morgan fingerprint density at radius 3 is 1.83 bits per heavy atom. The molecule has 2 rings (SSSR count). The average molecular weight is 313 g/mol. The largest absolute Gasteiger partial charge is 0.401 e. The van der Waals surface area contributed by atoms with Crippen LogP contribution < -0.4 is 9.94 Å². The molecule has 0 saturated heterocycles. The standard InChI is InChI=1S/C12H10BCl3NSi/c14-13(11-7-3-1-4-8-11)17(18(15)16)12-9-5-2-6-10-12/h1-10H. The van der Waals surface area contributed by atoms with E-state index in [1.165, 1.54) is 0 Å². The van der Waals surface area contributed by atoms with E-state index < -0.39 is 7.58 Å². The van der Waals surface area contributed by atoms with Crippen LogP contribution in [0.2, 0.25) is 0 Å². The van der Waals surface area contributed by atoms with Gasteiger partial charge < -0.3 is 4.48 Å². The highest BCUT2D eigenvalue weighted by Crippen LogP contribution is 2.21. The van der Waals surface area contributed by atoms with Gasteiger partial charge in [-0.3, -0.25) is 0 Å². The molecule has 2 aromatic carbocycles. The van der Waals surface area contributed by atoms with E-state index in [-0.39, 0.29) is 6.26 Å². The van der Waals surface area contributed by atoms with Crippen LogP contribution in [-0.2, 0) is 0 Å². The fourth-order valence-corrected chi connectivity index (χ4v) is 4.35. The van der Waals surface area contributed by atoms with Gasteiger partial charge in [0.2, 0.25) is 0 Å². The predicted molar refractivity (Wildman–Crippen MR) is 84.1 cm³/mol. The fourth-order valence-electron chi connectivity index (χ4n) is 1.66. The van der Waals surface area contributed by atoms with Crippen LogP contribution in [0, 0.1) is 0 Å². The van der Waals surface area contributed by atoms with Gasteiger partial charge in [-0.1, -0.05) is 48.5 Å². The van der Waals surface area contributed by atoms with Crippen molar-refractivity contribution in [2.24, 2.45) is 0 Å². The summed E-state index contributed by atoms with van der Waals surface area (Å²) in [4.78, 5) is 0. The number of nitrogens with zero attached hydrogens (tertiary/aromatic N) is 1. The highest BCUT2D eigenvalue weighted by molar-refractivity contribution is 7.41. The van der Waals surface area contributed by atoms with Gasteiger partial charge >= 0.3 is 13.8 Å². The topological polar surface area (TPSA) is 3.24 Å². The van der Waals surface area contributed by atoms with Gasteiger partial charge in [-0.15, -0.1) is 22.2 Å². The van der Waals surface area contributed by atoms with Gasteiger partial charge in [0.1, 0.15) is 0 Å². The molecule has 0 saturated carbocycles. The Morgan fingerprint density at radius 2 is 1.33 bits per heavy atom. The zero-order chi connectivity index (χ0) is 13.0. The lowest BCUT2D eigenvalue weighted by molar-refractivity contribution is 1.54. The SMILES string of the molecule is ClB(c1ccccc1)N(c1ccccc1)[Si](Cl)Cl. The van der Waals surface area contributed by atoms with E-state index in [1.54, 1.807) is 0 Å². The second-order valence-electron chi connectivity index (χ2n) is 3.69. The van der Waals surface area contributed by atoms with Crippen LogP contribution in [0.1, 0.15) is 0 Å². The third-order valence-electron chi connectivity index (χ3n) is 2.52. The van der Waals surface area contributed by atoms with Gasteiger partial charge in [-0.2, -0.15) is 11.5 Å². The summed E-state index contributed by atoms with van der Waals surface area (Å²) in [5.74, 6) is 0. The quantitative estimate of drug-likeness (QED) is 0.616. The predicted octanol–water partition coefficient (Wildman–Crippen LogP) is 3.59. The normalized spacial score (nSPS) is 10.4. The Morgan fingerprint density at radius 1 is 0.833 bits per heavy atom. The van der Waals surface area contributed by atoms with Gasteiger partial charge in [-0.25, -0.2) is 0 Å². The molecule has 0 aromatic heterocycles. The Balaban J connectivity index is 2.32. The summed E-state index contributed by atoms with van der Waals surface area (Å²) >= 11 is 18.7. The minimum absolute atomic E-state index is 0.363. The van der Waals surface area contributed by atoms with Crippen molar-refractivity contribution in [3.63, 3.8) is 0 Å². The molecule has 0 heterocycles. The Bertz CT molecular complexity index is 483. The molecule has 0 unspecified atom stereocenters. The van der Waals surface area contributed by atoms with Gasteiger partial charge in [0.05, 0.1) is 0 Å². The van der Waals surface area contributed by atoms with Crippen molar-refractivity contribution in [1.29, 1.82) is 0 Å². The third-order valence-corrected chi connectivity index (χ3v) is 5.10. The Labute approximate surface area is 123 Å². The highest BCUT2D eigenvalue weighted by Gasteiger charge is 2.30. The summed E-state index contributed by atoms with van der Waals surface area (Å²) in [7, 11) is -1.73. The molecule has 2 aromatic rings. The fraction of sp³-hybridized carbons (Fsp3) is 0. The number of benzene rings is 2. The molecule has 0 fully saturated rings. The van der Waals surface area contributed by atoms with Gasteiger partial charge in [0.15, 0.2) is 0 Å². The summed E-state index contributed by atoms with van der Waals surface area (Å²) in [6, 6.07) is 19.5. The molecule has 0 amide bonds. The van der Waals surface area contributed by atoms with E-state index in [2.05, 4.69) is 0 Å². The van der Waals surface area contributed by atoms with Crippen LogP contribution in [0.15, 0.2) is 60.7 Å². The summed E-state index contributed by atoms with van der Waals surface area (Å²) in [6.07, 6.45) is -0.363. The van der Waals surface area contributed by atoms with Crippen molar-refractivity contribution < 1.29 is 0 Å². The summed E-state index contributed by atoms with van der Waals surface area (Å²) < 4.78 is 1.85. The van der Waals surface area contributed by atoms with E-state index in [9.17, 15) is 0 Å². The van der Waals surface area contributed by atoms with Crippen LogP contribution in [0.25, 0.3) is 0 Å². The van der Waals surface area contributed by atoms with Gasteiger partial charge in [-0.05, 0) is 17.6 Å². The van der Waals surface area contributed by atoms with Crippen LogP contribution in [0.4, 0.5) is 5.69 Å². The zero-order valence-electron chi connectivity index (χ0n) is 9.43. The average Bonchev–Trinajstić information content (AvgIpc) is 2.40. The number of rotatable bonds is 4. The molecule has 1 nitrogen and oxygen atoms in total. The van der Waals surface area contributed by atoms with Crippen LogP contribution in [0.5, 0.6) is 0 Å². The van der Waals surface area contributed by atoms with Crippen LogP contribution in [-0.4, -0.2) is 13.8 Å². The van der Waals surface area contributed by atoms with Crippen molar-refractivity contribution in [2.45, 2.75) is 0 Å². The second kappa shape index (κ2) is 6.53. The van der Waals surface area contributed by atoms with Crippen molar-refractivity contribution in [3.8, 4) is 0 Å². The Kier molecular flexibility index (Phi) is 5.01. The maximum Gasteiger partial charge on any atom is 0.388 e. The smallest absolute Gasteiger partial charge is 0.388 e. The molecule has 1 radical (unpaired) electrons. The number of hydrogen-bond acceptors (Lipinski definition) is 1. The van der Waals surface area contributed by atoms with Crippen molar-refractivity contribution >= 4 is 58.6 Å². The zero-order valence-corrected chi connectivity index (χ0v) is 12.7. The van der Waals surface area contributed by atoms with E-state index in [4.69, 9.17) is 33.6 Å². The van der Waals surface area contributed by atoms with E-state index in [1.807, 2.05) is 65.1 Å². The lowest BCUT2D eigenvalue weighted by atomic mass is 9.80. The molecule has 6 heteroatoms. The maximum atomic E-state index is 6.48. The maximum absolute atomic E-state index is 6.48. The molecule has 0 N–H and O–H groups in total. The number of anilines is 1. The van der Waals surface area contributed by atoms with Crippen LogP contribution in [0.3, 0.4) is 0 Å². The summed E-state index contributed by atoms with van der Waals surface area (Å²) in [6.45, 7) is 0. The molecule has 0 bridgehead atoms. The molecule has 0 aliphatic rings. The lowest BCUT2D eigenvalue weighted by Gasteiger charge is -2.27. The lowest BCUT2D eigenvalue weighted by Crippen LogP contribution is -2.49. The minimum atomic E-state index is -1.73. The molecule has 0 spiro atoms. The molecule has 18 heavy (non-hydrogen) atoms. The molecule has 0 aliphatic carbocycles. The number of hydrogen-bond donors (Lipinski definition) is 0. The highest BCUT2D eigenvalue weighted by atomic mass is 35.7. The second-order valence-corrected chi connectivity index (χ2v) is 7.80. The third kappa shape index (κ3) is 3.24. The Hall–Kier alpha value is -0.608. The van der Waals surface area contributed by atoms with E-state index in [0.29, 0.717) is 0 Å². The monoisotopic (exact) mass is 312 g/mol. The molecular formula is C12H10BCl3NSi.